The van der Waals surface area contributed by atoms with Crippen LogP contribution >= 0.6 is 24.8 Å². The lowest BCUT2D eigenvalue weighted by molar-refractivity contribution is -0.0365. The molecule has 2 atom stereocenters. The number of benzene rings is 1. The molecule has 2 aromatic rings. The molecule has 1 aromatic heterocycles. The molecule has 1 N–H and O–H groups in total. The predicted molar refractivity (Wildman–Crippen MR) is 98.4 cm³/mol. The van der Waals surface area contributed by atoms with Gasteiger partial charge >= 0.3 is 0 Å². The minimum atomic E-state index is -0.323. The molecule has 25 heavy (non-hydrogen) atoms. The number of rotatable bonds is 1. The van der Waals surface area contributed by atoms with E-state index in [9.17, 15) is 9.18 Å². The van der Waals surface area contributed by atoms with E-state index in [1.165, 1.54) is 12.1 Å². The van der Waals surface area contributed by atoms with Crippen molar-refractivity contribution in [1.82, 2.24) is 15.2 Å². The van der Waals surface area contributed by atoms with Crippen molar-refractivity contribution in [2.75, 3.05) is 26.2 Å². The summed E-state index contributed by atoms with van der Waals surface area (Å²) in [5, 5.41) is 4.05. The van der Waals surface area contributed by atoms with Gasteiger partial charge in [0.15, 0.2) is 0 Å². The Kier molecular flexibility index (Phi) is 6.21. The van der Waals surface area contributed by atoms with E-state index in [2.05, 4.69) is 10.3 Å². The number of nitrogens with one attached hydrogen (secondary N) is 1. The summed E-state index contributed by atoms with van der Waals surface area (Å²) in [6.07, 6.45) is 0.0653. The zero-order valence-electron chi connectivity index (χ0n) is 13.7. The van der Waals surface area contributed by atoms with Crippen molar-refractivity contribution in [3.8, 4) is 0 Å². The highest BCUT2D eigenvalue weighted by Gasteiger charge is 2.39. The maximum absolute atomic E-state index is 13.3. The van der Waals surface area contributed by atoms with Crippen LogP contribution in [-0.2, 0) is 4.74 Å². The van der Waals surface area contributed by atoms with Gasteiger partial charge < -0.3 is 15.0 Å². The number of pyridine rings is 1. The van der Waals surface area contributed by atoms with Crippen LogP contribution in [0.1, 0.15) is 16.1 Å². The summed E-state index contributed by atoms with van der Waals surface area (Å²) >= 11 is 0. The van der Waals surface area contributed by atoms with Crippen LogP contribution in [0.15, 0.2) is 24.3 Å². The summed E-state index contributed by atoms with van der Waals surface area (Å²) in [6, 6.07) is 6.32. The lowest BCUT2D eigenvalue weighted by Crippen LogP contribution is -2.53. The van der Waals surface area contributed by atoms with Crippen molar-refractivity contribution in [2.24, 2.45) is 0 Å². The van der Waals surface area contributed by atoms with Gasteiger partial charge in [-0.15, -0.1) is 24.8 Å². The molecule has 136 valence electrons. The molecule has 0 radical (unpaired) electrons. The monoisotopic (exact) mass is 387 g/mol. The summed E-state index contributed by atoms with van der Waals surface area (Å²) < 4.78 is 19.0. The van der Waals surface area contributed by atoms with Crippen LogP contribution < -0.4 is 5.32 Å². The second-order valence-electron chi connectivity index (χ2n) is 6.09. The van der Waals surface area contributed by atoms with E-state index in [0.29, 0.717) is 29.9 Å². The first-order valence-corrected chi connectivity index (χ1v) is 7.84. The molecule has 8 heteroatoms. The molecular formula is C17H20Cl2FN3O2. The minimum Gasteiger partial charge on any atom is -0.373 e. The first-order valence-electron chi connectivity index (χ1n) is 7.84. The molecule has 0 saturated carbocycles. The lowest BCUT2D eigenvalue weighted by atomic mass is 10.1. The number of fused-ring (bicyclic) bond motifs is 2. The second-order valence-corrected chi connectivity index (χ2v) is 6.09. The Hall–Kier alpha value is -1.47. The van der Waals surface area contributed by atoms with Crippen molar-refractivity contribution in [2.45, 2.75) is 19.1 Å². The maximum atomic E-state index is 13.3. The van der Waals surface area contributed by atoms with Gasteiger partial charge in [-0.25, -0.2) is 4.39 Å². The molecule has 0 bridgehead atoms. The second kappa shape index (κ2) is 7.83. The SMILES string of the molecule is Cc1nc2cc(F)ccc2cc1C(=O)N1CCO[C@H]2CNC[C@H]21.Cl.Cl. The average molecular weight is 388 g/mol. The molecule has 0 spiro atoms. The Morgan fingerprint density at radius 1 is 1.32 bits per heavy atom. The van der Waals surface area contributed by atoms with Gasteiger partial charge in [0.2, 0.25) is 0 Å². The third-order valence-corrected chi connectivity index (χ3v) is 4.65. The summed E-state index contributed by atoms with van der Waals surface area (Å²) in [6.45, 7) is 4.47. The molecule has 2 aliphatic rings. The number of nitrogens with zero attached hydrogens (tertiary/aromatic N) is 2. The molecule has 4 rings (SSSR count). The lowest BCUT2D eigenvalue weighted by Gasteiger charge is -2.37. The van der Waals surface area contributed by atoms with Crippen LogP contribution in [0.5, 0.6) is 0 Å². The van der Waals surface area contributed by atoms with Crippen LogP contribution in [0.3, 0.4) is 0 Å². The van der Waals surface area contributed by atoms with E-state index in [1.807, 2.05) is 11.0 Å². The molecule has 2 fully saturated rings. The minimum absolute atomic E-state index is 0. The molecule has 1 aromatic carbocycles. The first-order chi connectivity index (χ1) is 11.1. The zero-order chi connectivity index (χ0) is 16.0. The van der Waals surface area contributed by atoms with Crippen LogP contribution in [0.2, 0.25) is 0 Å². The van der Waals surface area contributed by atoms with Crippen molar-refractivity contribution < 1.29 is 13.9 Å². The molecule has 0 unspecified atom stereocenters. The Balaban J connectivity index is 0.00000113. The number of carbonyl (C=O) groups excluding carboxylic acids is 1. The van der Waals surface area contributed by atoms with Gasteiger partial charge in [0.25, 0.3) is 5.91 Å². The molecule has 2 aliphatic heterocycles. The fraction of sp³-hybridized carbons (Fsp3) is 0.412. The highest BCUT2D eigenvalue weighted by atomic mass is 35.5. The maximum Gasteiger partial charge on any atom is 0.256 e. The van der Waals surface area contributed by atoms with Gasteiger partial charge in [-0.1, -0.05) is 0 Å². The fourth-order valence-corrected chi connectivity index (χ4v) is 3.45. The number of hydrogen-bond donors (Lipinski definition) is 1. The smallest absolute Gasteiger partial charge is 0.256 e. The van der Waals surface area contributed by atoms with E-state index in [0.717, 1.165) is 18.5 Å². The molecule has 3 heterocycles. The van der Waals surface area contributed by atoms with Crippen LogP contribution in [0, 0.1) is 12.7 Å². The number of aromatic nitrogens is 1. The normalized spacial score (nSPS) is 22.1. The number of morpholine rings is 1. The summed E-state index contributed by atoms with van der Waals surface area (Å²) in [7, 11) is 0. The molecule has 1 amide bonds. The van der Waals surface area contributed by atoms with Gasteiger partial charge in [-0.05, 0) is 25.1 Å². The molecule has 0 aliphatic carbocycles. The topological polar surface area (TPSA) is 54.5 Å². The van der Waals surface area contributed by atoms with Crippen molar-refractivity contribution in [3.63, 3.8) is 0 Å². The van der Waals surface area contributed by atoms with Gasteiger partial charge in [0.1, 0.15) is 5.82 Å². The van der Waals surface area contributed by atoms with E-state index >= 15 is 0 Å². The largest absolute Gasteiger partial charge is 0.373 e. The van der Waals surface area contributed by atoms with Crippen molar-refractivity contribution in [3.05, 3.63) is 41.3 Å². The Morgan fingerprint density at radius 3 is 2.92 bits per heavy atom. The van der Waals surface area contributed by atoms with E-state index in [1.54, 1.807) is 13.0 Å². The Bertz CT molecular complexity index is 790. The average Bonchev–Trinajstić information content (AvgIpc) is 3.02. The third kappa shape index (κ3) is 3.58. The highest BCUT2D eigenvalue weighted by molar-refractivity contribution is 5.99. The molecule has 5 nitrogen and oxygen atoms in total. The zero-order valence-corrected chi connectivity index (χ0v) is 15.3. The standard InChI is InChI=1S/C17H18FN3O2.2ClH/c1-10-13(6-11-2-3-12(18)7-14(11)20-10)17(22)21-4-5-23-16-9-19-8-15(16)21;;/h2-3,6-7,15-16,19H,4-5,8-9H2,1H3;2*1H/t15-,16+;;/m1../s1. The van der Waals surface area contributed by atoms with E-state index in [4.69, 9.17) is 4.74 Å². The number of amides is 1. The van der Waals surface area contributed by atoms with Crippen LogP contribution in [-0.4, -0.2) is 54.2 Å². The van der Waals surface area contributed by atoms with Crippen LogP contribution in [0.25, 0.3) is 10.9 Å². The number of aryl methyl sites for hydroxylation is 1. The van der Waals surface area contributed by atoms with E-state index in [-0.39, 0.29) is 48.7 Å². The summed E-state index contributed by atoms with van der Waals surface area (Å²) in [5.41, 5.74) is 1.78. The third-order valence-electron chi connectivity index (χ3n) is 4.65. The van der Waals surface area contributed by atoms with Gasteiger partial charge in [-0.2, -0.15) is 0 Å². The van der Waals surface area contributed by atoms with Crippen LogP contribution in [0.4, 0.5) is 4.39 Å². The first kappa shape index (κ1) is 19.8. The van der Waals surface area contributed by atoms with Crippen molar-refractivity contribution in [1.29, 1.82) is 0 Å². The summed E-state index contributed by atoms with van der Waals surface area (Å²) in [4.78, 5) is 19.3. The fourth-order valence-electron chi connectivity index (χ4n) is 3.45. The summed E-state index contributed by atoms with van der Waals surface area (Å²) in [5.74, 6) is -0.347. The van der Waals surface area contributed by atoms with E-state index < -0.39 is 0 Å². The number of halogens is 3. The quantitative estimate of drug-likeness (QED) is 0.815. The van der Waals surface area contributed by atoms with Gasteiger partial charge in [0.05, 0.1) is 35.5 Å². The molecule has 2 saturated heterocycles. The molecular weight excluding hydrogens is 368 g/mol. The van der Waals surface area contributed by atoms with Gasteiger partial charge in [-0.3, -0.25) is 9.78 Å². The highest BCUT2D eigenvalue weighted by Crippen LogP contribution is 2.23. The predicted octanol–water partition coefficient (Wildman–Crippen LogP) is 2.34. The van der Waals surface area contributed by atoms with Crippen molar-refractivity contribution >= 4 is 41.6 Å². The number of hydrogen-bond acceptors (Lipinski definition) is 4. The number of ether oxygens (including phenoxy) is 1. The Labute approximate surface area is 157 Å². The Morgan fingerprint density at radius 2 is 2.12 bits per heavy atom. The number of carbonyl (C=O) groups is 1. The van der Waals surface area contributed by atoms with Gasteiger partial charge in [0, 0.05) is 31.1 Å².